The Hall–Kier alpha value is -3.00. The first-order chi connectivity index (χ1) is 13.6. The van der Waals surface area contributed by atoms with Gasteiger partial charge in [0.2, 0.25) is 11.1 Å². The highest BCUT2D eigenvalue weighted by atomic mass is 32.2. The van der Waals surface area contributed by atoms with Gasteiger partial charge in [0.05, 0.1) is 18.8 Å². The molecule has 4 rings (SSSR count). The average Bonchev–Trinajstić information content (AvgIpc) is 3.08. The quantitative estimate of drug-likeness (QED) is 0.706. The molecule has 0 saturated carbocycles. The molecular formula is C20H21N5O2S. The van der Waals surface area contributed by atoms with Crippen LogP contribution in [0.4, 0.5) is 5.69 Å². The second-order valence-electron chi connectivity index (χ2n) is 6.61. The summed E-state index contributed by atoms with van der Waals surface area (Å²) in [5.41, 5.74) is 6.24. The van der Waals surface area contributed by atoms with Gasteiger partial charge in [0, 0.05) is 0 Å². The molecule has 0 bridgehead atoms. The summed E-state index contributed by atoms with van der Waals surface area (Å²) in [6.45, 7) is 3.92. The van der Waals surface area contributed by atoms with Crippen molar-refractivity contribution in [1.29, 1.82) is 0 Å². The molecule has 28 heavy (non-hydrogen) atoms. The summed E-state index contributed by atoms with van der Waals surface area (Å²) in [6, 6.07) is 15.3. The third-order valence-corrected chi connectivity index (χ3v) is 5.87. The number of ether oxygens (including phenoxy) is 1. The van der Waals surface area contributed by atoms with Gasteiger partial charge in [0.25, 0.3) is 0 Å². The number of fused-ring (bicyclic) bond motifs is 1. The van der Waals surface area contributed by atoms with Crippen LogP contribution in [0.25, 0.3) is 0 Å². The Morgan fingerprint density at radius 2 is 1.89 bits per heavy atom. The molecular weight excluding hydrogens is 374 g/mol. The number of carbonyl (C=O) groups is 1. The van der Waals surface area contributed by atoms with Gasteiger partial charge in [-0.25, -0.2) is 4.68 Å². The number of anilines is 1. The molecule has 144 valence electrons. The van der Waals surface area contributed by atoms with Crippen molar-refractivity contribution in [2.75, 3.05) is 17.9 Å². The fourth-order valence-electron chi connectivity index (χ4n) is 3.14. The Morgan fingerprint density at radius 1 is 1.14 bits per heavy atom. The van der Waals surface area contributed by atoms with Gasteiger partial charge in [-0.15, -0.1) is 10.2 Å². The molecule has 0 unspecified atom stereocenters. The zero-order valence-corrected chi connectivity index (χ0v) is 16.7. The lowest BCUT2D eigenvalue weighted by atomic mass is 10.0. The van der Waals surface area contributed by atoms with Crippen LogP contribution in [0.2, 0.25) is 0 Å². The van der Waals surface area contributed by atoms with Crippen LogP contribution in [-0.4, -0.2) is 33.1 Å². The summed E-state index contributed by atoms with van der Waals surface area (Å²) < 4.78 is 7.19. The Labute approximate surface area is 167 Å². The van der Waals surface area contributed by atoms with Crippen molar-refractivity contribution in [3.8, 4) is 5.75 Å². The van der Waals surface area contributed by atoms with Crippen LogP contribution in [0.3, 0.4) is 0 Å². The minimum atomic E-state index is -0.427. The predicted octanol–water partition coefficient (Wildman–Crippen LogP) is 3.30. The van der Waals surface area contributed by atoms with Gasteiger partial charge in [0.15, 0.2) is 0 Å². The van der Waals surface area contributed by atoms with E-state index in [-0.39, 0.29) is 11.9 Å². The summed E-state index contributed by atoms with van der Waals surface area (Å²) in [5, 5.41) is 11.5. The fourth-order valence-corrected chi connectivity index (χ4v) is 4.26. The Balaban J connectivity index is 1.67. The molecule has 1 amide bonds. The number of methoxy groups -OCH3 is 1. The molecule has 0 radical (unpaired) electrons. The van der Waals surface area contributed by atoms with E-state index in [4.69, 9.17) is 4.74 Å². The van der Waals surface area contributed by atoms with Crippen LogP contribution < -0.4 is 15.5 Å². The summed E-state index contributed by atoms with van der Waals surface area (Å²) >= 11 is 1.40. The first-order valence-corrected chi connectivity index (χ1v) is 9.80. The molecule has 2 N–H and O–H groups in total. The predicted molar refractivity (Wildman–Crippen MR) is 109 cm³/mol. The minimum absolute atomic E-state index is 0.125. The van der Waals surface area contributed by atoms with Crippen LogP contribution >= 0.6 is 11.8 Å². The van der Waals surface area contributed by atoms with E-state index >= 15 is 0 Å². The van der Waals surface area contributed by atoms with E-state index in [0.29, 0.717) is 16.6 Å². The normalized spacial score (nSPS) is 18.1. The van der Waals surface area contributed by atoms with E-state index in [9.17, 15) is 4.79 Å². The molecule has 3 aromatic rings. The maximum absolute atomic E-state index is 13.2. The topological polar surface area (TPSA) is 81.1 Å². The third kappa shape index (κ3) is 3.43. The van der Waals surface area contributed by atoms with Crippen LogP contribution in [0.5, 0.6) is 5.75 Å². The SMILES string of the molecule is COc1ccccc1NC(=O)[C@@H]1Sc2nnc(C)n2N[C@H]1c1ccc(C)cc1. The molecule has 1 aliphatic rings. The number of rotatable bonds is 4. The van der Waals surface area contributed by atoms with E-state index < -0.39 is 5.25 Å². The van der Waals surface area contributed by atoms with E-state index in [1.165, 1.54) is 17.3 Å². The molecule has 2 heterocycles. The van der Waals surface area contributed by atoms with Crippen molar-refractivity contribution in [1.82, 2.24) is 14.9 Å². The van der Waals surface area contributed by atoms with Crippen molar-refractivity contribution in [3.05, 3.63) is 65.5 Å². The Bertz CT molecular complexity index is 1000. The molecule has 2 atom stereocenters. The van der Waals surface area contributed by atoms with Gasteiger partial charge < -0.3 is 15.5 Å². The first-order valence-electron chi connectivity index (χ1n) is 8.92. The van der Waals surface area contributed by atoms with Crippen molar-refractivity contribution in [2.45, 2.75) is 30.3 Å². The highest BCUT2D eigenvalue weighted by Gasteiger charge is 2.37. The number of hydrogen-bond acceptors (Lipinski definition) is 6. The average molecular weight is 395 g/mol. The highest BCUT2D eigenvalue weighted by molar-refractivity contribution is 8.00. The number of carbonyl (C=O) groups excluding carboxylic acids is 1. The van der Waals surface area contributed by atoms with Crippen LogP contribution in [-0.2, 0) is 4.79 Å². The van der Waals surface area contributed by atoms with Crippen molar-refractivity contribution in [3.63, 3.8) is 0 Å². The van der Waals surface area contributed by atoms with E-state index in [1.807, 2.05) is 67.1 Å². The van der Waals surface area contributed by atoms with E-state index in [2.05, 4.69) is 20.9 Å². The molecule has 0 saturated heterocycles. The number of hydrogen-bond donors (Lipinski definition) is 2. The molecule has 0 fully saturated rings. The van der Waals surface area contributed by atoms with Gasteiger partial charge in [-0.1, -0.05) is 53.7 Å². The number of para-hydroxylation sites is 2. The van der Waals surface area contributed by atoms with Crippen molar-refractivity contribution in [2.24, 2.45) is 0 Å². The minimum Gasteiger partial charge on any atom is -0.495 e. The number of amides is 1. The summed E-state index contributed by atoms with van der Waals surface area (Å²) in [5.74, 6) is 1.25. The van der Waals surface area contributed by atoms with E-state index in [0.717, 1.165) is 11.4 Å². The number of benzene rings is 2. The van der Waals surface area contributed by atoms with E-state index in [1.54, 1.807) is 7.11 Å². The lowest BCUT2D eigenvalue weighted by Crippen LogP contribution is -2.41. The zero-order chi connectivity index (χ0) is 19.7. The Kier molecular flexibility index (Phi) is 4.95. The maximum atomic E-state index is 13.2. The standard InChI is InChI=1S/C20H21N5O2S/c1-12-8-10-14(11-9-12)17-18(28-20-23-22-13(2)25(20)24-17)19(26)21-15-6-4-5-7-16(15)27-3/h4-11,17-18,24H,1-3H3,(H,21,26)/t17-,18+/m0/s1. The summed E-state index contributed by atoms with van der Waals surface area (Å²) in [7, 11) is 1.59. The summed E-state index contributed by atoms with van der Waals surface area (Å²) in [4.78, 5) is 13.2. The second-order valence-corrected chi connectivity index (χ2v) is 7.72. The highest BCUT2D eigenvalue weighted by Crippen LogP contribution is 2.38. The van der Waals surface area contributed by atoms with Gasteiger partial charge in [0.1, 0.15) is 16.8 Å². The lowest BCUT2D eigenvalue weighted by Gasteiger charge is -2.32. The van der Waals surface area contributed by atoms with Crippen LogP contribution in [0.1, 0.15) is 23.0 Å². The largest absolute Gasteiger partial charge is 0.495 e. The maximum Gasteiger partial charge on any atom is 0.240 e. The number of nitrogens with zero attached hydrogens (tertiary/aromatic N) is 3. The second kappa shape index (κ2) is 7.55. The molecule has 2 aromatic carbocycles. The monoisotopic (exact) mass is 395 g/mol. The van der Waals surface area contributed by atoms with Crippen LogP contribution in [0, 0.1) is 13.8 Å². The van der Waals surface area contributed by atoms with Gasteiger partial charge in [-0.2, -0.15) is 0 Å². The fraction of sp³-hybridized carbons (Fsp3) is 0.250. The first kappa shape index (κ1) is 18.4. The zero-order valence-electron chi connectivity index (χ0n) is 15.8. The summed E-state index contributed by atoms with van der Waals surface area (Å²) in [6.07, 6.45) is 0. The molecule has 0 spiro atoms. The third-order valence-electron chi connectivity index (χ3n) is 4.66. The van der Waals surface area contributed by atoms with Crippen LogP contribution in [0.15, 0.2) is 53.7 Å². The van der Waals surface area contributed by atoms with Gasteiger partial charge in [-0.3, -0.25) is 4.79 Å². The molecule has 1 aromatic heterocycles. The molecule has 1 aliphatic heterocycles. The van der Waals surface area contributed by atoms with Crippen molar-refractivity contribution < 1.29 is 9.53 Å². The number of nitrogens with one attached hydrogen (secondary N) is 2. The molecule has 7 nitrogen and oxygen atoms in total. The number of aryl methyl sites for hydroxylation is 2. The molecule has 0 aliphatic carbocycles. The van der Waals surface area contributed by atoms with Gasteiger partial charge >= 0.3 is 0 Å². The van der Waals surface area contributed by atoms with Crippen molar-refractivity contribution >= 4 is 23.4 Å². The Morgan fingerprint density at radius 3 is 2.64 bits per heavy atom. The van der Waals surface area contributed by atoms with Gasteiger partial charge in [-0.05, 0) is 31.5 Å². The molecule has 8 heteroatoms. The smallest absolute Gasteiger partial charge is 0.240 e. The number of thioether (sulfide) groups is 1. The lowest BCUT2D eigenvalue weighted by molar-refractivity contribution is -0.116. The number of aromatic nitrogens is 3.